The normalized spacial score (nSPS) is 17.4. The number of hydrogen-bond acceptors (Lipinski definition) is 4. The van der Waals surface area contributed by atoms with Crippen LogP contribution in [-0.2, 0) is 16.9 Å². The van der Waals surface area contributed by atoms with Crippen LogP contribution in [0.15, 0.2) is 66.7 Å². The van der Waals surface area contributed by atoms with Crippen molar-refractivity contribution in [2.75, 3.05) is 11.5 Å². The van der Waals surface area contributed by atoms with E-state index in [1.165, 1.54) is 4.90 Å². The molecule has 1 aliphatic rings. The second-order valence-corrected chi connectivity index (χ2v) is 8.47. The Bertz CT molecular complexity index is 1160. The highest BCUT2D eigenvalue weighted by molar-refractivity contribution is 6.31. The summed E-state index contributed by atoms with van der Waals surface area (Å²) >= 11 is 12.1. The topological polar surface area (TPSA) is 66.8 Å². The summed E-state index contributed by atoms with van der Waals surface area (Å²) in [4.78, 5) is 27.9. The molecule has 32 heavy (non-hydrogen) atoms. The molecule has 7 heteroatoms. The molecule has 1 N–H and O–H groups in total. The van der Waals surface area contributed by atoms with E-state index >= 15 is 0 Å². The average Bonchev–Trinajstić information content (AvgIpc) is 2.97. The first kappa shape index (κ1) is 22.3. The zero-order chi connectivity index (χ0) is 22.9. The summed E-state index contributed by atoms with van der Waals surface area (Å²) in [7, 11) is 0. The van der Waals surface area contributed by atoms with Gasteiger partial charge in [0.1, 0.15) is 5.75 Å². The Hall–Kier alpha value is -2.86. The van der Waals surface area contributed by atoms with E-state index in [0.29, 0.717) is 39.2 Å². The number of rotatable bonds is 7. The molecule has 1 amide bonds. The number of hydrogen-bond donors (Lipinski definition) is 1. The fourth-order valence-corrected chi connectivity index (χ4v) is 4.16. The monoisotopic (exact) mass is 469 g/mol. The molecular weight excluding hydrogens is 449 g/mol. The van der Waals surface area contributed by atoms with Gasteiger partial charge in [-0.2, -0.15) is 0 Å². The van der Waals surface area contributed by atoms with Crippen LogP contribution < -0.4 is 9.64 Å². The largest absolute Gasteiger partial charge is 0.494 e. The fourth-order valence-electron chi connectivity index (χ4n) is 3.86. The van der Waals surface area contributed by atoms with E-state index in [9.17, 15) is 14.7 Å². The summed E-state index contributed by atoms with van der Waals surface area (Å²) in [6, 6.07) is 18.6. The zero-order valence-corrected chi connectivity index (χ0v) is 18.9. The minimum absolute atomic E-state index is 0.226. The van der Waals surface area contributed by atoms with Crippen molar-refractivity contribution in [1.82, 2.24) is 0 Å². The molecule has 1 atom stereocenters. The Labute approximate surface area is 196 Å². The van der Waals surface area contributed by atoms with Crippen molar-refractivity contribution < 1.29 is 19.4 Å². The zero-order valence-electron chi connectivity index (χ0n) is 17.3. The van der Waals surface area contributed by atoms with Crippen LogP contribution in [-0.4, -0.2) is 23.4 Å². The molecule has 0 spiro atoms. The molecule has 1 aliphatic heterocycles. The van der Waals surface area contributed by atoms with E-state index in [-0.39, 0.29) is 12.3 Å². The van der Waals surface area contributed by atoms with Gasteiger partial charge in [0.2, 0.25) is 0 Å². The van der Waals surface area contributed by atoms with Gasteiger partial charge in [-0.05, 0) is 67.1 Å². The molecule has 0 aliphatic carbocycles. The van der Waals surface area contributed by atoms with Crippen molar-refractivity contribution in [3.63, 3.8) is 0 Å². The standard InChI is InChI=1S/C25H21Cl2NO4/c1-2-32-20-10-5-17(6-11-20)23(29)14-25(31)21-13-19(27)9-12-22(21)28(24(25)30)15-16-3-7-18(26)8-4-16/h3-13,31H,2,14-15H2,1H3/t25-/m1/s1. The lowest BCUT2D eigenvalue weighted by Crippen LogP contribution is -2.41. The smallest absolute Gasteiger partial charge is 0.264 e. The molecule has 0 aromatic heterocycles. The van der Waals surface area contributed by atoms with Crippen molar-refractivity contribution in [2.45, 2.75) is 25.5 Å². The summed E-state index contributed by atoms with van der Waals surface area (Å²) in [5.41, 5.74) is 0.0576. The second kappa shape index (κ2) is 8.94. The summed E-state index contributed by atoms with van der Waals surface area (Å²) in [5, 5.41) is 12.4. The summed E-state index contributed by atoms with van der Waals surface area (Å²) < 4.78 is 5.40. The molecule has 0 bridgehead atoms. The van der Waals surface area contributed by atoms with E-state index in [2.05, 4.69) is 0 Å². The first-order chi connectivity index (χ1) is 15.3. The number of ketones is 1. The lowest BCUT2D eigenvalue weighted by Gasteiger charge is -2.23. The van der Waals surface area contributed by atoms with Gasteiger partial charge in [0.15, 0.2) is 11.4 Å². The number of ether oxygens (including phenoxy) is 1. The quantitative estimate of drug-likeness (QED) is 0.470. The van der Waals surface area contributed by atoms with Crippen molar-refractivity contribution in [3.8, 4) is 5.75 Å². The van der Waals surface area contributed by atoms with Gasteiger partial charge in [0.05, 0.1) is 25.3 Å². The molecule has 3 aromatic carbocycles. The molecule has 0 radical (unpaired) electrons. The highest BCUT2D eigenvalue weighted by atomic mass is 35.5. The van der Waals surface area contributed by atoms with Gasteiger partial charge >= 0.3 is 0 Å². The number of benzene rings is 3. The molecule has 0 fully saturated rings. The van der Waals surface area contributed by atoms with E-state index in [4.69, 9.17) is 27.9 Å². The molecular formula is C25H21Cl2NO4. The first-order valence-electron chi connectivity index (χ1n) is 10.2. The molecule has 3 aromatic rings. The minimum atomic E-state index is -2.01. The Morgan fingerprint density at radius 2 is 1.66 bits per heavy atom. The third-order valence-corrected chi connectivity index (χ3v) is 5.94. The Kier molecular flexibility index (Phi) is 6.24. The third-order valence-electron chi connectivity index (χ3n) is 5.45. The van der Waals surface area contributed by atoms with Crippen LogP contribution in [0.4, 0.5) is 5.69 Å². The van der Waals surface area contributed by atoms with E-state index in [0.717, 1.165) is 5.56 Å². The number of nitrogens with zero attached hydrogens (tertiary/aromatic N) is 1. The molecule has 4 rings (SSSR count). The minimum Gasteiger partial charge on any atom is -0.494 e. The van der Waals surface area contributed by atoms with Crippen LogP contribution in [0.2, 0.25) is 10.0 Å². The van der Waals surface area contributed by atoms with Gasteiger partial charge in [-0.15, -0.1) is 0 Å². The number of carbonyl (C=O) groups excluding carboxylic acids is 2. The van der Waals surface area contributed by atoms with Crippen LogP contribution in [0.5, 0.6) is 5.75 Å². The number of anilines is 1. The predicted octanol–water partition coefficient (Wildman–Crippen LogP) is 5.40. The lowest BCUT2D eigenvalue weighted by molar-refractivity contribution is -0.136. The van der Waals surface area contributed by atoms with Gasteiger partial charge in [-0.3, -0.25) is 9.59 Å². The highest BCUT2D eigenvalue weighted by Crippen LogP contribution is 2.44. The number of amides is 1. The van der Waals surface area contributed by atoms with E-state index < -0.39 is 17.9 Å². The van der Waals surface area contributed by atoms with Crippen molar-refractivity contribution >= 4 is 40.6 Å². The average molecular weight is 470 g/mol. The van der Waals surface area contributed by atoms with Gasteiger partial charge in [-0.1, -0.05) is 35.3 Å². The van der Waals surface area contributed by atoms with E-state index in [1.54, 1.807) is 54.6 Å². The molecule has 0 unspecified atom stereocenters. The van der Waals surface area contributed by atoms with Crippen LogP contribution in [0.1, 0.15) is 34.8 Å². The molecule has 0 saturated heterocycles. The first-order valence-corrected chi connectivity index (χ1v) is 10.9. The van der Waals surface area contributed by atoms with Crippen molar-refractivity contribution in [1.29, 1.82) is 0 Å². The van der Waals surface area contributed by atoms with Gasteiger partial charge in [0, 0.05) is 21.2 Å². The summed E-state index contributed by atoms with van der Waals surface area (Å²) in [5.74, 6) is -0.279. The molecule has 5 nitrogen and oxygen atoms in total. The van der Waals surface area contributed by atoms with Crippen LogP contribution in [0, 0.1) is 0 Å². The maximum Gasteiger partial charge on any atom is 0.264 e. The number of halogens is 2. The molecule has 0 saturated carbocycles. The predicted molar refractivity (Wildman–Crippen MR) is 125 cm³/mol. The molecule has 1 heterocycles. The number of fused-ring (bicyclic) bond motifs is 1. The lowest BCUT2D eigenvalue weighted by atomic mass is 9.88. The Morgan fingerprint density at radius 1 is 1.00 bits per heavy atom. The van der Waals surface area contributed by atoms with E-state index in [1.807, 2.05) is 19.1 Å². The fraction of sp³-hybridized carbons (Fsp3) is 0.200. The van der Waals surface area contributed by atoms with Gasteiger partial charge in [-0.25, -0.2) is 0 Å². The number of carbonyl (C=O) groups is 2. The van der Waals surface area contributed by atoms with Crippen LogP contribution in [0.25, 0.3) is 0 Å². The maximum absolute atomic E-state index is 13.4. The molecule has 164 valence electrons. The third kappa shape index (κ3) is 4.24. The summed E-state index contributed by atoms with van der Waals surface area (Å²) in [6.45, 7) is 2.62. The highest BCUT2D eigenvalue weighted by Gasteiger charge is 2.51. The maximum atomic E-state index is 13.4. The number of Topliss-reactive ketones (excluding diaryl/α,β-unsaturated/α-hetero) is 1. The van der Waals surface area contributed by atoms with Crippen molar-refractivity contribution in [2.24, 2.45) is 0 Å². The van der Waals surface area contributed by atoms with Crippen LogP contribution >= 0.6 is 23.2 Å². The van der Waals surface area contributed by atoms with Gasteiger partial charge < -0.3 is 14.7 Å². The Balaban J connectivity index is 1.65. The SMILES string of the molecule is CCOc1ccc(C(=O)C[C@]2(O)C(=O)N(Cc3ccc(Cl)cc3)c3ccc(Cl)cc32)cc1. The van der Waals surface area contributed by atoms with Crippen LogP contribution in [0.3, 0.4) is 0 Å². The second-order valence-electron chi connectivity index (χ2n) is 7.60. The Morgan fingerprint density at radius 3 is 2.31 bits per heavy atom. The van der Waals surface area contributed by atoms with Gasteiger partial charge in [0.25, 0.3) is 5.91 Å². The number of aliphatic hydroxyl groups is 1. The summed E-state index contributed by atoms with van der Waals surface area (Å²) in [6.07, 6.45) is -0.399. The van der Waals surface area contributed by atoms with Crippen molar-refractivity contribution in [3.05, 3.63) is 93.5 Å².